The van der Waals surface area contributed by atoms with E-state index in [0.29, 0.717) is 45.6 Å². The number of likely N-dealkylation sites (tertiary alicyclic amines) is 1. The number of ether oxygens (including phenoxy) is 3. The van der Waals surface area contributed by atoms with Crippen molar-refractivity contribution >= 4 is 18.1 Å². The molecule has 1 aromatic carbocycles. The molecule has 0 bridgehead atoms. The van der Waals surface area contributed by atoms with Crippen LogP contribution < -0.4 is 5.32 Å². The lowest BCUT2D eigenvalue weighted by Gasteiger charge is -2.35. The summed E-state index contributed by atoms with van der Waals surface area (Å²) in [5.74, 6) is -0.00443. The number of benzene rings is 1. The van der Waals surface area contributed by atoms with E-state index in [0.717, 1.165) is 5.56 Å². The largest absolute Gasteiger partial charge is 0.445 e. The van der Waals surface area contributed by atoms with E-state index >= 15 is 0 Å². The zero-order chi connectivity index (χ0) is 23.8. The fraction of sp³-hybridized carbons (Fsp3) is 0.625. The average Bonchev–Trinajstić information content (AvgIpc) is 2.77. The minimum absolute atomic E-state index is 0.00443. The van der Waals surface area contributed by atoms with Crippen LogP contribution in [0.4, 0.5) is 9.59 Å². The van der Waals surface area contributed by atoms with Gasteiger partial charge in [0.2, 0.25) is 5.91 Å². The number of morpholine rings is 1. The van der Waals surface area contributed by atoms with Gasteiger partial charge in [0.15, 0.2) is 0 Å². The van der Waals surface area contributed by atoms with Crippen molar-refractivity contribution in [1.82, 2.24) is 15.1 Å². The lowest BCUT2D eigenvalue weighted by Crippen LogP contribution is -2.50. The standard InChI is InChI=1S/C24H35N3O6/c1-24(2,3)33-22(29)25-19-9-11-26(12-10-19)21(28)15-20-16-27(13-14-31-20)23(30)32-17-18-7-5-4-6-8-18/h4-8,19-20H,9-17H2,1-3H3,(H,25,29). The molecule has 2 aliphatic rings. The van der Waals surface area contributed by atoms with Crippen LogP contribution in [0.15, 0.2) is 30.3 Å². The Kier molecular flexibility index (Phi) is 8.55. The van der Waals surface area contributed by atoms with Crippen molar-refractivity contribution in [2.24, 2.45) is 0 Å². The number of nitrogens with zero attached hydrogens (tertiary/aromatic N) is 2. The van der Waals surface area contributed by atoms with E-state index in [1.54, 1.807) is 9.80 Å². The van der Waals surface area contributed by atoms with Crippen LogP contribution in [0.3, 0.4) is 0 Å². The Hall–Kier alpha value is -2.81. The maximum Gasteiger partial charge on any atom is 0.410 e. The van der Waals surface area contributed by atoms with Crippen LogP contribution in [0.25, 0.3) is 0 Å². The van der Waals surface area contributed by atoms with Gasteiger partial charge in [-0.25, -0.2) is 9.59 Å². The molecule has 1 atom stereocenters. The Bertz CT molecular complexity index is 802. The second kappa shape index (κ2) is 11.4. The zero-order valence-electron chi connectivity index (χ0n) is 19.7. The molecule has 0 aliphatic carbocycles. The number of hydrogen-bond donors (Lipinski definition) is 1. The molecule has 2 heterocycles. The molecule has 1 aromatic rings. The molecule has 0 saturated carbocycles. The van der Waals surface area contributed by atoms with Crippen LogP contribution in [-0.2, 0) is 25.6 Å². The second-order valence-corrected chi connectivity index (χ2v) is 9.48. The molecule has 1 unspecified atom stereocenters. The van der Waals surface area contributed by atoms with Crippen LogP contribution in [0.5, 0.6) is 0 Å². The second-order valence-electron chi connectivity index (χ2n) is 9.48. The average molecular weight is 462 g/mol. The Morgan fingerprint density at radius 2 is 1.76 bits per heavy atom. The van der Waals surface area contributed by atoms with E-state index in [9.17, 15) is 14.4 Å². The summed E-state index contributed by atoms with van der Waals surface area (Å²) in [7, 11) is 0. The molecule has 0 radical (unpaired) electrons. The lowest BCUT2D eigenvalue weighted by atomic mass is 10.0. The smallest absolute Gasteiger partial charge is 0.410 e. The Morgan fingerprint density at radius 1 is 1.06 bits per heavy atom. The molecular weight excluding hydrogens is 426 g/mol. The molecule has 1 N–H and O–H groups in total. The monoisotopic (exact) mass is 461 g/mol. The number of piperidine rings is 1. The van der Waals surface area contributed by atoms with Gasteiger partial charge in [-0.3, -0.25) is 4.79 Å². The maximum absolute atomic E-state index is 12.8. The van der Waals surface area contributed by atoms with Crippen LogP contribution in [-0.4, -0.2) is 78.4 Å². The van der Waals surface area contributed by atoms with Gasteiger partial charge in [-0.15, -0.1) is 0 Å². The highest BCUT2D eigenvalue weighted by Crippen LogP contribution is 2.17. The van der Waals surface area contributed by atoms with Crippen molar-refractivity contribution in [3.05, 3.63) is 35.9 Å². The highest BCUT2D eigenvalue weighted by atomic mass is 16.6. The van der Waals surface area contributed by atoms with Crippen LogP contribution in [0.1, 0.15) is 45.6 Å². The number of hydrogen-bond acceptors (Lipinski definition) is 6. The fourth-order valence-electron chi connectivity index (χ4n) is 3.89. The molecule has 9 heteroatoms. The molecule has 2 saturated heterocycles. The van der Waals surface area contributed by atoms with E-state index in [4.69, 9.17) is 14.2 Å². The summed E-state index contributed by atoms with van der Waals surface area (Å²) in [6.45, 7) is 7.97. The van der Waals surface area contributed by atoms with E-state index in [-0.39, 0.29) is 31.1 Å². The summed E-state index contributed by atoms with van der Waals surface area (Å²) in [4.78, 5) is 40.5. The van der Waals surface area contributed by atoms with Gasteiger partial charge in [-0.05, 0) is 39.2 Å². The lowest BCUT2D eigenvalue weighted by molar-refractivity contribution is -0.137. The number of nitrogens with one attached hydrogen (secondary N) is 1. The van der Waals surface area contributed by atoms with Gasteiger partial charge in [0.05, 0.1) is 25.7 Å². The van der Waals surface area contributed by atoms with Gasteiger partial charge in [0.25, 0.3) is 0 Å². The summed E-state index contributed by atoms with van der Waals surface area (Å²) in [6.07, 6.45) is 0.388. The third-order valence-electron chi connectivity index (χ3n) is 5.57. The first-order chi connectivity index (χ1) is 15.7. The highest BCUT2D eigenvalue weighted by molar-refractivity contribution is 5.77. The predicted octanol–water partition coefficient (Wildman–Crippen LogP) is 2.93. The van der Waals surface area contributed by atoms with E-state index < -0.39 is 17.8 Å². The highest BCUT2D eigenvalue weighted by Gasteiger charge is 2.30. The Morgan fingerprint density at radius 3 is 2.42 bits per heavy atom. The van der Waals surface area contributed by atoms with Crippen molar-refractivity contribution in [1.29, 1.82) is 0 Å². The predicted molar refractivity (Wildman–Crippen MR) is 122 cm³/mol. The number of alkyl carbamates (subject to hydrolysis) is 1. The number of amides is 3. The first-order valence-electron chi connectivity index (χ1n) is 11.5. The molecule has 182 valence electrons. The van der Waals surface area contributed by atoms with Crippen molar-refractivity contribution in [3.8, 4) is 0 Å². The third kappa shape index (κ3) is 8.24. The first kappa shape index (κ1) is 24.8. The summed E-state index contributed by atoms with van der Waals surface area (Å²) in [6, 6.07) is 9.51. The SMILES string of the molecule is CC(C)(C)OC(=O)NC1CCN(C(=O)CC2CN(C(=O)OCc3ccccc3)CCO2)CC1. The van der Waals surface area contributed by atoms with Gasteiger partial charge in [0, 0.05) is 25.7 Å². The normalized spacial score (nSPS) is 19.7. The zero-order valence-corrected chi connectivity index (χ0v) is 19.7. The molecule has 0 aromatic heterocycles. The number of carbonyl (C=O) groups excluding carboxylic acids is 3. The summed E-state index contributed by atoms with van der Waals surface area (Å²) >= 11 is 0. The van der Waals surface area contributed by atoms with E-state index in [2.05, 4.69) is 5.32 Å². The molecule has 2 fully saturated rings. The quantitative estimate of drug-likeness (QED) is 0.724. The number of rotatable bonds is 5. The molecule has 3 rings (SSSR count). The van der Waals surface area contributed by atoms with Crippen molar-refractivity contribution in [2.75, 3.05) is 32.8 Å². The van der Waals surface area contributed by atoms with Crippen molar-refractivity contribution < 1.29 is 28.6 Å². The van der Waals surface area contributed by atoms with Gasteiger partial charge >= 0.3 is 12.2 Å². The van der Waals surface area contributed by atoms with E-state index in [1.807, 2.05) is 51.1 Å². The van der Waals surface area contributed by atoms with Crippen LogP contribution in [0, 0.1) is 0 Å². The maximum atomic E-state index is 12.8. The molecule has 2 aliphatic heterocycles. The summed E-state index contributed by atoms with van der Waals surface area (Å²) in [5, 5.41) is 2.88. The minimum Gasteiger partial charge on any atom is -0.445 e. The minimum atomic E-state index is -0.539. The Labute approximate surface area is 195 Å². The molecule has 3 amide bonds. The summed E-state index contributed by atoms with van der Waals surface area (Å²) < 4.78 is 16.4. The topological polar surface area (TPSA) is 97.4 Å². The third-order valence-corrected chi connectivity index (χ3v) is 5.57. The number of carbonyl (C=O) groups is 3. The van der Waals surface area contributed by atoms with Gasteiger partial charge in [0.1, 0.15) is 12.2 Å². The van der Waals surface area contributed by atoms with E-state index in [1.165, 1.54) is 0 Å². The molecular formula is C24H35N3O6. The molecule has 9 nitrogen and oxygen atoms in total. The van der Waals surface area contributed by atoms with Crippen LogP contribution in [0.2, 0.25) is 0 Å². The molecule has 33 heavy (non-hydrogen) atoms. The fourth-order valence-corrected chi connectivity index (χ4v) is 3.89. The van der Waals surface area contributed by atoms with Gasteiger partial charge in [-0.1, -0.05) is 30.3 Å². The Balaban J connectivity index is 1.38. The summed E-state index contributed by atoms with van der Waals surface area (Å²) in [5.41, 5.74) is 0.387. The van der Waals surface area contributed by atoms with Crippen molar-refractivity contribution in [2.45, 2.75) is 64.4 Å². The van der Waals surface area contributed by atoms with Gasteiger partial charge in [-0.2, -0.15) is 0 Å². The molecule has 0 spiro atoms. The van der Waals surface area contributed by atoms with Crippen molar-refractivity contribution in [3.63, 3.8) is 0 Å². The first-order valence-corrected chi connectivity index (χ1v) is 11.5. The van der Waals surface area contributed by atoms with Crippen LogP contribution >= 0.6 is 0 Å². The van der Waals surface area contributed by atoms with Gasteiger partial charge < -0.3 is 29.3 Å².